The van der Waals surface area contributed by atoms with Crippen LogP contribution in [0.15, 0.2) is 78.9 Å². The fourth-order valence-electron chi connectivity index (χ4n) is 4.82. The molecule has 0 aliphatic heterocycles. The summed E-state index contributed by atoms with van der Waals surface area (Å²) in [5.41, 5.74) is 3.91. The third-order valence-electron chi connectivity index (χ3n) is 7.11. The van der Waals surface area contributed by atoms with Crippen LogP contribution in [0, 0.1) is 0 Å². The molecule has 4 rings (SSSR count). The summed E-state index contributed by atoms with van der Waals surface area (Å²) in [4.78, 5) is 30.2. The minimum atomic E-state index is -2.70. The largest absolute Gasteiger partial charge is 0.390 e. The molecule has 0 aliphatic carbocycles. The fourth-order valence-corrected chi connectivity index (χ4v) is 5.95. The van der Waals surface area contributed by atoms with Crippen LogP contribution in [0.5, 0.6) is 0 Å². The normalized spacial score (nSPS) is 12.5. The number of aliphatic hydroxyl groups is 1. The molecule has 4 aromatic rings. The van der Waals surface area contributed by atoms with Gasteiger partial charge in [-0.05, 0) is 35.6 Å². The van der Waals surface area contributed by atoms with Crippen LogP contribution >= 0.6 is 24.2 Å². The van der Waals surface area contributed by atoms with Gasteiger partial charge in [0.15, 0.2) is 5.15 Å². The third-order valence-corrected chi connectivity index (χ3v) is 8.54. The topological polar surface area (TPSA) is 125 Å². The summed E-state index contributed by atoms with van der Waals surface area (Å²) in [5.74, 6) is -0.401. The Kier molecular flexibility index (Phi) is 12.2. The molecule has 0 spiro atoms. The first-order chi connectivity index (χ1) is 21.2. The number of aryl methyl sites for hydroxylation is 1. The highest BCUT2D eigenvalue weighted by Gasteiger charge is 2.26. The molecule has 1 heterocycles. The van der Waals surface area contributed by atoms with E-state index >= 15 is 0 Å². The standard InChI is InChI=1S/C32H35ClN4O5S2/c1-2-3-13-29-35-31(33)27(21-38)36(29)20-23-14-16-24(17-15-23)25-11-7-8-12-26(25)37(44(41)42)30(39)19-34-32(40)28(43)18-22-9-5-4-6-10-22/h4-12,14-17,28,38,43H,2-3,13,18-21H2,1H3,(H,34,40)(H,41,42). The number of rotatable bonds is 14. The van der Waals surface area contributed by atoms with Crippen molar-refractivity contribution < 1.29 is 23.5 Å². The summed E-state index contributed by atoms with van der Waals surface area (Å²) in [6.45, 7) is 1.84. The van der Waals surface area contributed by atoms with E-state index in [0.717, 1.165) is 40.5 Å². The molecule has 0 aliphatic rings. The predicted octanol–water partition coefficient (Wildman–Crippen LogP) is 5.21. The van der Waals surface area contributed by atoms with Crippen LogP contribution in [0.4, 0.5) is 5.69 Å². The summed E-state index contributed by atoms with van der Waals surface area (Å²) in [5, 5.41) is 12.0. The van der Waals surface area contributed by atoms with E-state index in [1.54, 1.807) is 24.3 Å². The monoisotopic (exact) mass is 654 g/mol. The van der Waals surface area contributed by atoms with Gasteiger partial charge in [0, 0.05) is 18.5 Å². The Bertz CT molecular complexity index is 1600. The molecule has 3 aromatic carbocycles. The van der Waals surface area contributed by atoms with Crippen molar-refractivity contribution >= 4 is 53.0 Å². The van der Waals surface area contributed by atoms with Crippen molar-refractivity contribution in [1.82, 2.24) is 14.9 Å². The van der Waals surface area contributed by atoms with E-state index in [1.165, 1.54) is 0 Å². The van der Waals surface area contributed by atoms with Crippen molar-refractivity contribution in [3.8, 4) is 11.1 Å². The first kappa shape index (κ1) is 33.4. The Balaban J connectivity index is 1.50. The van der Waals surface area contributed by atoms with Gasteiger partial charge in [-0.2, -0.15) is 12.6 Å². The number of nitrogens with one attached hydrogen (secondary N) is 1. The Hall–Kier alpha value is -3.48. The van der Waals surface area contributed by atoms with E-state index in [2.05, 4.69) is 29.9 Å². The number of thiol groups is 1. The molecule has 12 heteroatoms. The molecule has 0 saturated carbocycles. The second-order valence-electron chi connectivity index (χ2n) is 10.2. The number of hydrogen-bond donors (Lipinski definition) is 4. The second kappa shape index (κ2) is 16.0. The summed E-state index contributed by atoms with van der Waals surface area (Å²) < 4.78 is 25.2. The van der Waals surface area contributed by atoms with E-state index < -0.39 is 34.9 Å². The van der Waals surface area contributed by atoms with Crippen LogP contribution in [-0.2, 0) is 46.8 Å². The molecule has 2 unspecified atom stereocenters. The lowest BCUT2D eigenvalue weighted by Crippen LogP contribution is -2.43. The van der Waals surface area contributed by atoms with Gasteiger partial charge in [-0.15, -0.1) is 0 Å². The van der Waals surface area contributed by atoms with E-state index in [1.807, 2.05) is 59.2 Å². The molecule has 0 saturated heterocycles. The highest BCUT2D eigenvalue weighted by Crippen LogP contribution is 2.32. The van der Waals surface area contributed by atoms with Gasteiger partial charge >= 0.3 is 0 Å². The number of para-hydroxylation sites is 1. The summed E-state index contributed by atoms with van der Waals surface area (Å²) >= 11 is 7.96. The predicted molar refractivity (Wildman–Crippen MR) is 177 cm³/mol. The first-order valence-electron chi connectivity index (χ1n) is 14.2. The number of unbranched alkanes of at least 4 members (excludes halogenated alkanes) is 1. The zero-order valence-corrected chi connectivity index (χ0v) is 26.7. The summed E-state index contributed by atoms with van der Waals surface area (Å²) in [6.07, 6.45) is 3.06. The quantitative estimate of drug-likeness (QED) is 0.109. The van der Waals surface area contributed by atoms with E-state index in [-0.39, 0.29) is 12.3 Å². The van der Waals surface area contributed by atoms with Gasteiger partial charge in [-0.1, -0.05) is 97.7 Å². The zero-order valence-electron chi connectivity index (χ0n) is 24.2. The zero-order chi connectivity index (χ0) is 31.6. The maximum Gasteiger partial charge on any atom is 0.269 e. The lowest BCUT2D eigenvalue weighted by atomic mass is 10.0. The molecule has 9 nitrogen and oxygen atoms in total. The SMILES string of the molecule is CCCCc1nc(Cl)c(CO)n1Cc1ccc(-c2ccccc2N(C(=O)CNC(=O)C(S)Cc2ccccc2)S(=O)O)cc1. The molecule has 0 bridgehead atoms. The number of nitrogens with zero attached hydrogens (tertiary/aromatic N) is 3. The second-order valence-corrected chi connectivity index (χ2v) is 12.0. The number of imidazole rings is 1. The van der Waals surface area contributed by atoms with Gasteiger partial charge in [0.2, 0.25) is 5.91 Å². The van der Waals surface area contributed by atoms with Gasteiger partial charge in [-0.25, -0.2) is 13.5 Å². The average molecular weight is 655 g/mol. The Labute approximate surface area is 270 Å². The van der Waals surface area contributed by atoms with E-state index in [9.17, 15) is 23.5 Å². The minimum Gasteiger partial charge on any atom is -0.390 e. The van der Waals surface area contributed by atoms with Crippen molar-refractivity contribution in [2.75, 3.05) is 10.8 Å². The van der Waals surface area contributed by atoms with Crippen molar-refractivity contribution in [2.24, 2.45) is 0 Å². The number of aromatic nitrogens is 2. The first-order valence-corrected chi connectivity index (χ1v) is 16.2. The number of halogens is 1. The lowest BCUT2D eigenvalue weighted by Gasteiger charge is -2.22. The Morgan fingerprint density at radius 2 is 1.73 bits per heavy atom. The molecule has 2 atom stereocenters. The van der Waals surface area contributed by atoms with Crippen LogP contribution in [0.25, 0.3) is 11.1 Å². The molecule has 0 radical (unpaired) electrons. The molecule has 1 aromatic heterocycles. The maximum atomic E-state index is 13.2. The molecule has 3 N–H and O–H groups in total. The molecule has 232 valence electrons. The fraction of sp³-hybridized carbons (Fsp3) is 0.281. The minimum absolute atomic E-state index is 0.220. The third kappa shape index (κ3) is 8.36. The van der Waals surface area contributed by atoms with Crippen LogP contribution in [0.1, 0.15) is 42.4 Å². The smallest absolute Gasteiger partial charge is 0.269 e. The van der Waals surface area contributed by atoms with Crippen LogP contribution < -0.4 is 9.62 Å². The number of aliphatic hydroxyl groups excluding tert-OH is 1. The Morgan fingerprint density at radius 1 is 1.05 bits per heavy atom. The van der Waals surface area contributed by atoms with Gasteiger partial charge in [0.05, 0.1) is 29.8 Å². The molecule has 2 amide bonds. The number of amides is 2. The highest BCUT2D eigenvalue weighted by molar-refractivity contribution is 7.82. The number of carbonyl (C=O) groups excluding carboxylic acids is 2. The van der Waals surface area contributed by atoms with Crippen molar-refractivity contribution in [1.29, 1.82) is 0 Å². The van der Waals surface area contributed by atoms with Crippen molar-refractivity contribution in [3.63, 3.8) is 0 Å². The van der Waals surface area contributed by atoms with E-state index in [4.69, 9.17) is 11.6 Å². The van der Waals surface area contributed by atoms with Crippen LogP contribution in [-0.4, -0.2) is 47.0 Å². The van der Waals surface area contributed by atoms with Crippen molar-refractivity contribution in [2.45, 2.75) is 51.0 Å². The molecule has 44 heavy (non-hydrogen) atoms. The average Bonchev–Trinajstić information content (AvgIpc) is 3.32. The van der Waals surface area contributed by atoms with Crippen LogP contribution in [0.3, 0.4) is 0 Å². The number of benzene rings is 3. The van der Waals surface area contributed by atoms with Gasteiger partial charge in [0.1, 0.15) is 5.82 Å². The number of hydrogen-bond acceptors (Lipinski definition) is 6. The molecular weight excluding hydrogens is 620 g/mol. The van der Waals surface area contributed by atoms with Crippen molar-refractivity contribution in [3.05, 3.63) is 107 Å². The maximum absolute atomic E-state index is 13.2. The molecule has 0 fully saturated rings. The lowest BCUT2D eigenvalue weighted by molar-refractivity contribution is -0.124. The van der Waals surface area contributed by atoms with Gasteiger partial charge in [0.25, 0.3) is 17.2 Å². The summed E-state index contributed by atoms with van der Waals surface area (Å²) in [7, 11) is 0. The summed E-state index contributed by atoms with van der Waals surface area (Å²) in [6, 6.07) is 23.7. The van der Waals surface area contributed by atoms with E-state index in [0.29, 0.717) is 34.9 Å². The Morgan fingerprint density at radius 3 is 2.39 bits per heavy atom. The number of carbonyl (C=O) groups is 2. The van der Waals surface area contributed by atoms with Gasteiger partial charge < -0.3 is 15.0 Å². The molecular formula is C32H35ClN4O5S2. The van der Waals surface area contributed by atoms with Crippen LogP contribution in [0.2, 0.25) is 5.15 Å². The number of anilines is 1. The highest BCUT2D eigenvalue weighted by atomic mass is 35.5. The van der Waals surface area contributed by atoms with Gasteiger partial charge in [-0.3, -0.25) is 14.1 Å².